The average Bonchev–Trinajstić information content (AvgIpc) is 2.81. The molecule has 1 amide bonds. The predicted octanol–water partition coefficient (Wildman–Crippen LogP) is 2.36. The molecule has 10 heteroatoms. The highest BCUT2D eigenvalue weighted by molar-refractivity contribution is 7.92. The van der Waals surface area contributed by atoms with E-state index < -0.39 is 10.0 Å². The molecule has 0 radical (unpaired) electrons. The number of rotatable bonds is 9. The largest absolute Gasteiger partial charge is 0.385 e. The van der Waals surface area contributed by atoms with Crippen LogP contribution in [0.4, 0.5) is 11.5 Å². The molecule has 3 N–H and O–H groups in total. The first kappa shape index (κ1) is 25.9. The number of sulfonamides is 1. The van der Waals surface area contributed by atoms with Crippen LogP contribution in [-0.4, -0.2) is 65.7 Å². The van der Waals surface area contributed by atoms with Gasteiger partial charge in [-0.05, 0) is 35.6 Å². The highest BCUT2D eigenvalue weighted by Crippen LogP contribution is 2.26. The van der Waals surface area contributed by atoms with Crippen molar-refractivity contribution in [2.75, 3.05) is 56.1 Å². The van der Waals surface area contributed by atoms with E-state index in [1.165, 1.54) is 6.20 Å². The van der Waals surface area contributed by atoms with Gasteiger partial charge in [0.2, 0.25) is 0 Å². The van der Waals surface area contributed by atoms with Crippen molar-refractivity contribution < 1.29 is 17.9 Å². The molecule has 0 saturated carbocycles. The molecule has 1 aliphatic heterocycles. The zero-order chi connectivity index (χ0) is 24.8. The normalized spacial score (nSPS) is 14.6. The second-order valence-corrected chi connectivity index (χ2v) is 11.0. The Kier molecular flexibility index (Phi) is 8.51. The number of hydrogen-bond donors (Lipinski definition) is 3. The lowest BCUT2D eigenvalue weighted by atomic mass is 9.87. The molecule has 3 rings (SSSR count). The van der Waals surface area contributed by atoms with Crippen LogP contribution in [0.3, 0.4) is 0 Å². The molecule has 0 atom stereocenters. The average molecular weight is 490 g/mol. The third-order valence-corrected chi connectivity index (χ3v) is 7.02. The van der Waals surface area contributed by atoms with Gasteiger partial charge in [0.05, 0.1) is 22.3 Å². The standard InChI is InChI=1S/C24H35N5O4S/c1-24(2,3)18-6-8-20(9-7-18)34(31,32)28-19-16-21(23(30)26-10-5-15-33-4)22(27-17-19)29-13-11-25-12-14-29/h6-9,16-17,25,28H,5,10-15H2,1-4H3,(H,26,30). The number of benzene rings is 1. The van der Waals surface area contributed by atoms with Gasteiger partial charge in [0.25, 0.3) is 15.9 Å². The molecule has 186 valence electrons. The fourth-order valence-electron chi connectivity index (χ4n) is 3.67. The van der Waals surface area contributed by atoms with Gasteiger partial charge in [0.15, 0.2) is 0 Å². The van der Waals surface area contributed by atoms with E-state index in [4.69, 9.17) is 4.74 Å². The van der Waals surface area contributed by atoms with Crippen molar-refractivity contribution in [3.05, 3.63) is 47.7 Å². The Bertz CT molecular complexity index is 1080. The van der Waals surface area contributed by atoms with Gasteiger partial charge in [-0.15, -0.1) is 0 Å². The van der Waals surface area contributed by atoms with E-state index in [1.54, 1.807) is 25.3 Å². The number of anilines is 2. The highest BCUT2D eigenvalue weighted by atomic mass is 32.2. The Labute approximate surface area is 202 Å². The van der Waals surface area contributed by atoms with Gasteiger partial charge in [-0.1, -0.05) is 32.9 Å². The van der Waals surface area contributed by atoms with Crippen LogP contribution in [0.5, 0.6) is 0 Å². The molecule has 1 aromatic carbocycles. The van der Waals surface area contributed by atoms with Crippen molar-refractivity contribution in [2.45, 2.75) is 37.5 Å². The first-order chi connectivity index (χ1) is 16.1. The van der Waals surface area contributed by atoms with Crippen LogP contribution in [0.1, 0.15) is 43.1 Å². The minimum atomic E-state index is -3.84. The first-order valence-corrected chi connectivity index (χ1v) is 13.0. The maximum Gasteiger partial charge on any atom is 0.261 e. The second kappa shape index (κ2) is 11.2. The lowest BCUT2D eigenvalue weighted by Crippen LogP contribution is -2.44. The summed E-state index contributed by atoms with van der Waals surface area (Å²) in [7, 11) is -2.23. The van der Waals surface area contributed by atoms with Gasteiger partial charge in [-0.2, -0.15) is 0 Å². The first-order valence-electron chi connectivity index (χ1n) is 11.5. The van der Waals surface area contributed by atoms with Gasteiger partial charge in [-0.3, -0.25) is 9.52 Å². The molecular formula is C24H35N5O4S. The summed E-state index contributed by atoms with van der Waals surface area (Å²) in [6, 6.07) is 8.37. The monoisotopic (exact) mass is 489 g/mol. The maximum absolute atomic E-state index is 13.0. The number of carbonyl (C=O) groups is 1. The van der Waals surface area contributed by atoms with Gasteiger partial charge in [0, 0.05) is 46.4 Å². The minimum absolute atomic E-state index is 0.0784. The van der Waals surface area contributed by atoms with E-state index in [-0.39, 0.29) is 21.9 Å². The lowest BCUT2D eigenvalue weighted by molar-refractivity contribution is 0.0948. The van der Waals surface area contributed by atoms with E-state index >= 15 is 0 Å². The van der Waals surface area contributed by atoms with Crippen LogP contribution in [0, 0.1) is 0 Å². The summed E-state index contributed by atoms with van der Waals surface area (Å²) in [6.45, 7) is 10.2. The number of amides is 1. The summed E-state index contributed by atoms with van der Waals surface area (Å²) in [4.78, 5) is 19.6. The Morgan fingerprint density at radius 3 is 2.47 bits per heavy atom. The third-order valence-electron chi connectivity index (χ3n) is 5.62. The zero-order valence-corrected chi connectivity index (χ0v) is 21.2. The van der Waals surface area contributed by atoms with Crippen molar-refractivity contribution in [1.29, 1.82) is 0 Å². The van der Waals surface area contributed by atoms with E-state index in [9.17, 15) is 13.2 Å². The summed E-state index contributed by atoms with van der Waals surface area (Å²) in [6.07, 6.45) is 2.13. The summed E-state index contributed by atoms with van der Waals surface area (Å²) in [5, 5.41) is 6.16. The number of aromatic nitrogens is 1. The van der Waals surface area contributed by atoms with Crippen LogP contribution in [0.15, 0.2) is 41.4 Å². The van der Waals surface area contributed by atoms with Gasteiger partial charge in [0.1, 0.15) is 5.82 Å². The molecule has 1 fully saturated rings. The fraction of sp³-hybridized carbons (Fsp3) is 0.500. The number of nitrogens with one attached hydrogen (secondary N) is 3. The summed E-state index contributed by atoms with van der Waals surface area (Å²) in [5.74, 6) is 0.246. The predicted molar refractivity (Wildman–Crippen MR) is 134 cm³/mol. The molecule has 2 heterocycles. The van der Waals surface area contributed by atoms with Crippen LogP contribution in [0.2, 0.25) is 0 Å². The number of ether oxygens (including phenoxy) is 1. The fourth-order valence-corrected chi connectivity index (χ4v) is 4.71. The lowest BCUT2D eigenvalue weighted by Gasteiger charge is -2.30. The van der Waals surface area contributed by atoms with Crippen LogP contribution < -0.4 is 20.3 Å². The van der Waals surface area contributed by atoms with Gasteiger partial charge < -0.3 is 20.3 Å². The molecule has 34 heavy (non-hydrogen) atoms. The summed E-state index contributed by atoms with van der Waals surface area (Å²) >= 11 is 0. The topological polar surface area (TPSA) is 113 Å². The van der Waals surface area contributed by atoms with Crippen LogP contribution in [0.25, 0.3) is 0 Å². The van der Waals surface area contributed by atoms with Gasteiger partial charge >= 0.3 is 0 Å². The molecule has 2 aromatic rings. The van der Waals surface area contributed by atoms with Crippen molar-refractivity contribution in [1.82, 2.24) is 15.6 Å². The number of hydrogen-bond acceptors (Lipinski definition) is 7. The van der Waals surface area contributed by atoms with Gasteiger partial charge in [-0.25, -0.2) is 13.4 Å². The van der Waals surface area contributed by atoms with Crippen molar-refractivity contribution in [2.24, 2.45) is 0 Å². The molecule has 1 aromatic heterocycles. The molecule has 9 nitrogen and oxygen atoms in total. The summed E-state index contributed by atoms with van der Waals surface area (Å²) in [5.41, 5.74) is 1.54. The number of piperazine rings is 1. The van der Waals surface area contributed by atoms with Crippen molar-refractivity contribution in [3.63, 3.8) is 0 Å². The number of methoxy groups -OCH3 is 1. The second-order valence-electron chi connectivity index (χ2n) is 9.31. The Morgan fingerprint density at radius 1 is 1.18 bits per heavy atom. The Hall–Kier alpha value is -2.69. The Morgan fingerprint density at radius 2 is 1.85 bits per heavy atom. The quantitative estimate of drug-likeness (QED) is 0.464. The molecule has 0 aliphatic carbocycles. The SMILES string of the molecule is COCCCNC(=O)c1cc(NS(=O)(=O)c2ccc(C(C)(C)C)cc2)cnc1N1CCNCC1. The number of carbonyl (C=O) groups excluding carboxylic acids is 1. The van der Waals surface area contributed by atoms with Crippen molar-refractivity contribution >= 4 is 27.4 Å². The molecule has 0 bridgehead atoms. The molecule has 0 unspecified atom stereocenters. The number of pyridine rings is 1. The number of nitrogens with zero attached hydrogens (tertiary/aromatic N) is 2. The zero-order valence-electron chi connectivity index (χ0n) is 20.3. The van der Waals surface area contributed by atoms with E-state index in [0.717, 1.165) is 18.7 Å². The molecular weight excluding hydrogens is 454 g/mol. The van der Waals surface area contributed by atoms with E-state index in [0.29, 0.717) is 44.0 Å². The molecule has 1 aliphatic rings. The summed E-state index contributed by atoms with van der Waals surface area (Å²) < 4.78 is 33.6. The maximum atomic E-state index is 13.0. The van der Waals surface area contributed by atoms with Crippen LogP contribution in [-0.2, 0) is 20.2 Å². The Balaban J connectivity index is 1.85. The van der Waals surface area contributed by atoms with Crippen molar-refractivity contribution in [3.8, 4) is 0 Å². The molecule has 0 spiro atoms. The minimum Gasteiger partial charge on any atom is -0.385 e. The third kappa shape index (κ3) is 6.68. The van der Waals surface area contributed by atoms with E-state index in [2.05, 4.69) is 41.1 Å². The smallest absolute Gasteiger partial charge is 0.261 e. The highest BCUT2D eigenvalue weighted by Gasteiger charge is 2.23. The van der Waals surface area contributed by atoms with E-state index in [1.807, 2.05) is 17.0 Å². The van der Waals surface area contributed by atoms with Crippen LogP contribution >= 0.6 is 0 Å². The molecule has 1 saturated heterocycles.